The smallest absolute Gasteiger partial charge is 0.173 e. The van der Waals surface area contributed by atoms with Crippen molar-refractivity contribution in [3.05, 3.63) is 53.6 Å². The predicted molar refractivity (Wildman–Crippen MR) is 109 cm³/mol. The van der Waals surface area contributed by atoms with E-state index in [1.807, 2.05) is 49.4 Å². The summed E-state index contributed by atoms with van der Waals surface area (Å²) < 4.78 is 5.75. The van der Waals surface area contributed by atoms with Gasteiger partial charge in [0.05, 0.1) is 23.0 Å². The molecule has 1 fully saturated rings. The molecule has 1 N–H and O–H groups in total. The average Bonchev–Trinajstić information content (AvgIpc) is 2.64. The Kier molecular flexibility index (Phi) is 6.00. The number of ether oxygens (including phenoxy) is 1. The van der Waals surface area contributed by atoms with Crippen LogP contribution in [0.1, 0.15) is 6.92 Å². The Bertz CT molecular complexity index is 732. The number of hydrogen-bond acceptors (Lipinski definition) is 3. The van der Waals surface area contributed by atoms with Crippen LogP contribution >= 0.6 is 23.8 Å². The summed E-state index contributed by atoms with van der Waals surface area (Å²) in [6, 6.07) is 15.8. The van der Waals surface area contributed by atoms with Gasteiger partial charge in [0.25, 0.3) is 0 Å². The molecule has 25 heavy (non-hydrogen) atoms. The van der Waals surface area contributed by atoms with E-state index in [0.29, 0.717) is 16.7 Å². The molecular formula is C19H22ClN3OS. The summed E-state index contributed by atoms with van der Waals surface area (Å²) in [4.78, 5) is 4.53. The Hall–Kier alpha value is -1.98. The number of rotatable bonds is 4. The molecule has 6 heteroatoms. The minimum absolute atomic E-state index is 0.669. The van der Waals surface area contributed by atoms with Crippen LogP contribution in [-0.2, 0) is 0 Å². The lowest BCUT2D eigenvalue weighted by molar-refractivity contribution is 0.336. The van der Waals surface area contributed by atoms with Gasteiger partial charge < -0.3 is 19.9 Å². The van der Waals surface area contributed by atoms with Crippen molar-refractivity contribution in [1.29, 1.82) is 0 Å². The number of thiocarbonyl (C=S) groups is 1. The first kappa shape index (κ1) is 17.8. The highest BCUT2D eigenvalue weighted by Gasteiger charge is 2.21. The maximum absolute atomic E-state index is 6.19. The topological polar surface area (TPSA) is 27.7 Å². The van der Waals surface area contributed by atoms with E-state index in [1.54, 1.807) is 0 Å². The second kappa shape index (κ2) is 8.41. The molecule has 0 spiro atoms. The monoisotopic (exact) mass is 375 g/mol. The zero-order valence-corrected chi connectivity index (χ0v) is 15.8. The van der Waals surface area contributed by atoms with Crippen LogP contribution in [0.4, 0.5) is 11.4 Å². The molecule has 0 saturated carbocycles. The summed E-state index contributed by atoms with van der Waals surface area (Å²) in [5.74, 6) is 0.940. The molecule has 0 aromatic heterocycles. The second-order valence-electron chi connectivity index (χ2n) is 5.78. The highest BCUT2D eigenvalue weighted by atomic mass is 35.5. The van der Waals surface area contributed by atoms with Gasteiger partial charge in [-0.2, -0.15) is 0 Å². The summed E-state index contributed by atoms with van der Waals surface area (Å²) in [5, 5.41) is 4.64. The summed E-state index contributed by atoms with van der Waals surface area (Å²) >= 11 is 11.7. The molecule has 1 aliphatic rings. The van der Waals surface area contributed by atoms with E-state index in [0.717, 1.165) is 43.3 Å². The van der Waals surface area contributed by atoms with Crippen LogP contribution in [0.5, 0.6) is 5.75 Å². The van der Waals surface area contributed by atoms with Crippen LogP contribution in [0.15, 0.2) is 48.5 Å². The van der Waals surface area contributed by atoms with Crippen molar-refractivity contribution >= 4 is 40.3 Å². The first-order valence-electron chi connectivity index (χ1n) is 8.46. The van der Waals surface area contributed by atoms with Gasteiger partial charge in [0.15, 0.2) is 5.11 Å². The normalized spacial score (nSPS) is 14.3. The summed E-state index contributed by atoms with van der Waals surface area (Å²) in [6.07, 6.45) is 0. The lowest BCUT2D eigenvalue weighted by Crippen LogP contribution is -2.50. The van der Waals surface area contributed by atoms with Crippen molar-refractivity contribution in [3.8, 4) is 5.75 Å². The zero-order chi connectivity index (χ0) is 17.6. The Morgan fingerprint density at radius 1 is 1.08 bits per heavy atom. The van der Waals surface area contributed by atoms with Crippen LogP contribution in [-0.4, -0.2) is 42.8 Å². The molecule has 0 unspecified atom stereocenters. The lowest BCUT2D eigenvalue weighted by Gasteiger charge is -2.38. The molecule has 3 rings (SSSR count). The largest absolute Gasteiger partial charge is 0.492 e. The molecule has 132 valence electrons. The summed E-state index contributed by atoms with van der Waals surface area (Å²) in [5.41, 5.74) is 1.99. The van der Waals surface area contributed by atoms with Crippen molar-refractivity contribution in [2.24, 2.45) is 0 Å². The minimum atomic E-state index is 0.669. The predicted octanol–water partition coefficient (Wildman–Crippen LogP) is 4.26. The quantitative estimate of drug-likeness (QED) is 0.806. The Labute approximate surface area is 159 Å². The molecule has 1 heterocycles. The highest BCUT2D eigenvalue weighted by molar-refractivity contribution is 7.80. The molecular weight excluding hydrogens is 354 g/mol. The number of nitrogens with one attached hydrogen (secondary N) is 1. The van der Waals surface area contributed by atoms with E-state index in [1.165, 1.54) is 0 Å². The van der Waals surface area contributed by atoms with Crippen LogP contribution in [0, 0.1) is 0 Å². The van der Waals surface area contributed by atoms with Gasteiger partial charge in [0, 0.05) is 26.2 Å². The number of hydrogen-bond donors (Lipinski definition) is 1. The van der Waals surface area contributed by atoms with Crippen molar-refractivity contribution in [2.45, 2.75) is 6.92 Å². The van der Waals surface area contributed by atoms with E-state index in [-0.39, 0.29) is 0 Å². The third-order valence-electron chi connectivity index (χ3n) is 4.19. The van der Waals surface area contributed by atoms with Crippen molar-refractivity contribution in [3.63, 3.8) is 0 Å². The summed E-state index contributed by atoms with van der Waals surface area (Å²) in [7, 11) is 0. The highest BCUT2D eigenvalue weighted by Crippen LogP contribution is 2.29. The first-order chi connectivity index (χ1) is 12.2. The Morgan fingerprint density at radius 2 is 1.76 bits per heavy atom. The summed E-state index contributed by atoms with van der Waals surface area (Å²) in [6.45, 7) is 6.19. The number of piperazine rings is 1. The van der Waals surface area contributed by atoms with Crippen LogP contribution < -0.4 is 15.0 Å². The van der Waals surface area contributed by atoms with E-state index in [2.05, 4.69) is 21.2 Å². The van der Waals surface area contributed by atoms with Crippen LogP contribution in [0.2, 0.25) is 5.02 Å². The van der Waals surface area contributed by atoms with Gasteiger partial charge in [0.2, 0.25) is 0 Å². The first-order valence-corrected chi connectivity index (χ1v) is 9.25. The number of anilines is 2. The molecule has 2 aromatic rings. The maximum Gasteiger partial charge on any atom is 0.173 e. The van der Waals surface area contributed by atoms with E-state index >= 15 is 0 Å². The number of halogens is 1. The van der Waals surface area contributed by atoms with Gasteiger partial charge >= 0.3 is 0 Å². The van der Waals surface area contributed by atoms with Crippen molar-refractivity contribution in [1.82, 2.24) is 4.90 Å². The molecule has 2 aromatic carbocycles. The SMILES string of the molecule is CCOc1ccccc1N1CCN(C(=S)Nc2ccccc2Cl)CC1. The van der Waals surface area contributed by atoms with Gasteiger partial charge in [0.1, 0.15) is 5.75 Å². The van der Waals surface area contributed by atoms with Gasteiger partial charge in [-0.05, 0) is 43.4 Å². The third-order valence-corrected chi connectivity index (χ3v) is 4.88. The van der Waals surface area contributed by atoms with Gasteiger partial charge in [-0.15, -0.1) is 0 Å². The van der Waals surface area contributed by atoms with Crippen molar-refractivity contribution in [2.75, 3.05) is 43.0 Å². The van der Waals surface area contributed by atoms with E-state index in [4.69, 9.17) is 28.6 Å². The van der Waals surface area contributed by atoms with Gasteiger partial charge in [-0.3, -0.25) is 0 Å². The molecule has 0 aliphatic carbocycles. The molecule has 1 aliphatic heterocycles. The number of para-hydroxylation sites is 3. The fraction of sp³-hybridized carbons (Fsp3) is 0.316. The van der Waals surface area contributed by atoms with Gasteiger partial charge in [-0.1, -0.05) is 35.9 Å². The number of nitrogens with zero attached hydrogens (tertiary/aromatic N) is 2. The molecule has 0 amide bonds. The standard InChI is InChI=1S/C19H22ClN3OS/c1-2-24-18-10-6-5-9-17(18)22-11-13-23(14-12-22)19(25)21-16-8-4-3-7-15(16)20/h3-10H,2,11-14H2,1H3,(H,21,25). The third kappa shape index (κ3) is 4.35. The molecule has 0 atom stereocenters. The Balaban J connectivity index is 1.60. The average molecular weight is 376 g/mol. The van der Waals surface area contributed by atoms with Crippen LogP contribution in [0.25, 0.3) is 0 Å². The maximum atomic E-state index is 6.19. The van der Waals surface area contributed by atoms with Crippen molar-refractivity contribution < 1.29 is 4.74 Å². The number of benzene rings is 2. The van der Waals surface area contributed by atoms with E-state index in [9.17, 15) is 0 Å². The molecule has 0 radical (unpaired) electrons. The lowest BCUT2D eigenvalue weighted by atomic mass is 10.2. The Morgan fingerprint density at radius 3 is 2.48 bits per heavy atom. The zero-order valence-electron chi connectivity index (χ0n) is 14.2. The fourth-order valence-corrected chi connectivity index (χ4v) is 3.38. The molecule has 1 saturated heterocycles. The fourth-order valence-electron chi connectivity index (χ4n) is 2.90. The molecule has 4 nitrogen and oxygen atoms in total. The van der Waals surface area contributed by atoms with Crippen LogP contribution in [0.3, 0.4) is 0 Å². The van der Waals surface area contributed by atoms with Gasteiger partial charge in [-0.25, -0.2) is 0 Å². The molecule has 0 bridgehead atoms. The van der Waals surface area contributed by atoms with E-state index < -0.39 is 0 Å². The second-order valence-corrected chi connectivity index (χ2v) is 6.58. The minimum Gasteiger partial charge on any atom is -0.492 e.